The van der Waals surface area contributed by atoms with Gasteiger partial charge in [0.2, 0.25) is 0 Å². The maximum absolute atomic E-state index is 5.73. The zero-order valence-electron chi connectivity index (χ0n) is 16.3. The topological polar surface area (TPSA) is 64.1 Å². The number of hydrogen-bond acceptors (Lipinski definition) is 4. The zero-order chi connectivity index (χ0) is 18.6. The standard InChI is InChI=1S/C20H33N3O3/c1-4-21-20(22-10-12-24-15-18-7-6-11-26-18)23-14-17-9-8-16(3)13-19(17)25-5-2/h8-9,13,18H,4-7,10-12,14-15H2,1-3H3,(H2,21,22,23). The van der Waals surface area contributed by atoms with E-state index < -0.39 is 0 Å². The predicted octanol–water partition coefficient (Wildman–Crippen LogP) is 2.64. The second-order valence-electron chi connectivity index (χ2n) is 6.38. The molecule has 2 N–H and O–H groups in total. The number of guanidine groups is 1. The van der Waals surface area contributed by atoms with Crippen LogP contribution in [0.15, 0.2) is 23.2 Å². The van der Waals surface area contributed by atoms with Crippen molar-refractivity contribution in [2.45, 2.75) is 46.3 Å². The molecule has 0 spiro atoms. The lowest BCUT2D eigenvalue weighted by Gasteiger charge is -2.14. The van der Waals surface area contributed by atoms with Gasteiger partial charge in [0.1, 0.15) is 5.75 Å². The fourth-order valence-corrected chi connectivity index (χ4v) is 2.82. The first-order chi connectivity index (χ1) is 12.7. The van der Waals surface area contributed by atoms with Crippen molar-refractivity contribution >= 4 is 5.96 Å². The third kappa shape index (κ3) is 7.22. The van der Waals surface area contributed by atoms with Crippen LogP contribution in [-0.4, -0.2) is 51.6 Å². The molecule has 0 saturated carbocycles. The lowest BCUT2D eigenvalue weighted by Crippen LogP contribution is -2.39. The van der Waals surface area contributed by atoms with Crippen LogP contribution < -0.4 is 15.4 Å². The minimum Gasteiger partial charge on any atom is -0.494 e. The van der Waals surface area contributed by atoms with E-state index in [1.807, 2.05) is 6.92 Å². The highest BCUT2D eigenvalue weighted by molar-refractivity contribution is 5.79. The molecule has 1 heterocycles. The number of aliphatic imine (C=N–C) groups is 1. The number of ether oxygens (including phenoxy) is 3. The smallest absolute Gasteiger partial charge is 0.191 e. The third-order valence-electron chi connectivity index (χ3n) is 4.14. The highest BCUT2D eigenvalue weighted by Gasteiger charge is 2.14. The Morgan fingerprint density at radius 1 is 1.31 bits per heavy atom. The molecule has 1 aliphatic heterocycles. The maximum atomic E-state index is 5.73. The van der Waals surface area contributed by atoms with Crippen LogP contribution in [0.1, 0.15) is 37.8 Å². The molecule has 1 aromatic carbocycles. The first kappa shape index (κ1) is 20.5. The van der Waals surface area contributed by atoms with Crippen LogP contribution in [0.25, 0.3) is 0 Å². The van der Waals surface area contributed by atoms with E-state index in [1.165, 1.54) is 5.56 Å². The van der Waals surface area contributed by atoms with Crippen LogP contribution in [0.3, 0.4) is 0 Å². The molecule has 146 valence electrons. The van der Waals surface area contributed by atoms with E-state index in [0.29, 0.717) is 32.9 Å². The summed E-state index contributed by atoms with van der Waals surface area (Å²) in [6, 6.07) is 6.23. The monoisotopic (exact) mass is 363 g/mol. The van der Waals surface area contributed by atoms with Gasteiger partial charge in [0.25, 0.3) is 0 Å². The zero-order valence-corrected chi connectivity index (χ0v) is 16.3. The van der Waals surface area contributed by atoms with Crippen molar-refractivity contribution in [1.29, 1.82) is 0 Å². The molecular formula is C20H33N3O3. The highest BCUT2D eigenvalue weighted by atomic mass is 16.5. The summed E-state index contributed by atoms with van der Waals surface area (Å²) in [7, 11) is 0. The molecule has 1 aliphatic rings. The second kappa shape index (κ2) is 11.8. The molecule has 6 nitrogen and oxygen atoms in total. The molecular weight excluding hydrogens is 330 g/mol. The van der Waals surface area contributed by atoms with Gasteiger partial charge < -0.3 is 24.8 Å². The summed E-state index contributed by atoms with van der Waals surface area (Å²) in [4.78, 5) is 4.67. The molecule has 26 heavy (non-hydrogen) atoms. The summed E-state index contributed by atoms with van der Waals surface area (Å²) >= 11 is 0. The normalized spacial score (nSPS) is 17.3. The van der Waals surface area contributed by atoms with Crippen molar-refractivity contribution in [1.82, 2.24) is 10.6 Å². The quantitative estimate of drug-likeness (QED) is 0.380. The van der Waals surface area contributed by atoms with Crippen LogP contribution in [-0.2, 0) is 16.0 Å². The largest absolute Gasteiger partial charge is 0.494 e. The Morgan fingerprint density at radius 2 is 2.19 bits per heavy atom. The number of nitrogens with zero attached hydrogens (tertiary/aromatic N) is 1. The molecule has 0 aromatic heterocycles. The molecule has 1 aromatic rings. The van der Waals surface area contributed by atoms with E-state index in [4.69, 9.17) is 14.2 Å². The van der Waals surface area contributed by atoms with Gasteiger partial charge in [-0.05, 0) is 45.2 Å². The van der Waals surface area contributed by atoms with Gasteiger partial charge in [0.05, 0.1) is 32.5 Å². The summed E-state index contributed by atoms with van der Waals surface area (Å²) in [6.07, 6.45) is 2.53. The van der Waals surface area contributed by atoms with E-state index in [2.05, 4.69) is 47.7 Å². The molecule has 1 saturated heterocycles. The highest BCUT2D eigenvalue weighted by Crippen LogP contribution is 2.21. The maximum Gasteiger partial charge on any atom is 0.191 e. The minimum atomic E-state index is 0.274. The van der Waals surface area contributed by atoms with Gasteiger partial charge in [-0.3, -0.25) is 0 Å². The fourth-order valence-electron chi connectivity index (χ4n) is 2.82. The molecule has 1 unspecified atom stereocenters. The summed E-state index contributed by atoms with van der Waals surface area (Å²) in [5.74, 6) is 1.70. The molecule has 0 radical (unpaired) electrons. The lowest BCUT2D eigenvalue weighted by molar-refractivity contribution is 0.0191. The summed E-state index contributed by atoms with van der Waals surface area (Å²) in [5.41, 5.74) is 2.28. The van der Waals surface area contributed by atoms with Gasteiger partial charge in [-0.25, -0.2) is 4.99 Å². The van der Waals surface area contributed by atoms with Crippen molar-refractivity contribution in [3.63, 3.8) is 0 Å². The Kier molecular flexibility index (Phi) is 9.28. The minimum absolute atomic E-state index is 0.274. The Labute approximate surface area is 157 Å². The second-order valence-corrected chi connectivity index (χ2v) is 6.38. The van der Waals surface area contributed by atoms with Gasteiger partial charge in [0.15, 0.2) is 5.96 Å². The van der Waals surface area contributed by atoms with Crippen molar-refractivity contribution in [2.75, 3.05) is 39.5 Å². The summed E-state index contributed by atoms with van der Waals surface area (Å²) in [5, 5.41) is 6.58. The number of aryl methyl sites for hydroxylation is 1. The number of rotatable bonds is 10. The number of benzene rings is 1. The summed E-state index contributed by atoms with van der Waals surface area (Å²) in [6.45, 7) is 11.1. The van der Waals surface area contributed by atoms with E-state index in [0.717, 1.165) is 43.3 Å². The number of hydrogen-bond donors (Lipinski definition) is 2. The first-order valence-electron chi connectivity index (χ1n) is 9.66. The van der Waals surface area contributed by atoms with Gasteiger partial charge in [-0.2, -0.15) is 0 Å². The van der Waals surface area contributed by atoms with E-state index in [9.17, 15) is 0 Å². The Hall–Kier alpha value is -1.79. The van der Waals surface area contributed by atoms with Crippen LogP contribution in [0.2, 0.25) is 0 Å². The van der Waals surface area contributed by atoms with E-state index >= 15 is 0 Å². The Bertz CT molecular complexity index is 557. The molecule has 0 amide bonds. The van der Waals surface area contributed by atoms with Crippen LogP contribution in [0.5, 0.6) is 5.75 Å². The van der Waals surface area contributed by atoms with E-state index in [1.54, 1.807) is 0 Å². The van der Waals surface area contributed by atoms with Crippen molar-refractivity contribution in [3.05, 3.63) is 29.3 Å². The van der Waals surface area contributed by atoms with Gasteiger partial charge in [0, 0.05) is 25.3 Å². The van der Waals surface area contributed by atoms with Crippen molar-refractivity contribution < 1.29 is 14.2 Å². The van der Waals surface area contributed by atoms with Gasteiger partial charge in [-0.15, -0.1) is 0 Å². The molecule has 1 fully saturated rings. The number of nitrogens with one attached hydrogen (secondary N) is 2. The van der Waals surface area contributed by atoms with Crippen molar-refractivity contribution in [3.8, 4) is 5.75 Å². The molecule has 0 bridgehead atoms. The Balaban J connectivity index is 1.80. The van der Waals surface area contributed by atoms with Crippen LogP contribution >= 0.6 is 0 Å². The fraction of sp³-hybridized carbons (Fsp3) is 0.650. The third-order valence-corrected chi connectivity index (χ3v) is 4.14. The van der Waals surface area contributed by atoms with Crippen LogP contribution in [0, 0.1) is 6.92 Å². The molecule has 1 atom stereocenters. The van der Waals surface area contributed by atoms with E-state index in [-0.39, 0.29) is 6.10 Å². The average Bonchev–Trinajstić information content (AvgIpc) is 3.14. The molecule has 6 heteroatoms. The lowest BCUT2D eigenvalue weighted by atomic mass is 10.1. The van der Waals surface area contributed by atoms with Gasteiger partial charge >= 0.3 is 0 Å². The molecule has 2 rings (SSSR count). The average molecular weight is 364 g/mol. The Morgan fingerprint density at radius 3 is 2.92 bits per heavy atom. The predicted molar refractivity (Wildman–Crippen MR) is 105 cm³/mol. The summed E-state index contributed by atoms with van der Waals surface area (Å²) < 4.78 is 17.0. The van der Waals surface area contributed by atoms with Gasteiger partial charge in [-0.1, -0.05) is 12.1 Å². The van der Waals surface area contributed by atoms with Crippen LogP contribution in [0.4, 0.5) is 0 Å². The van der Waals surface area contributed by atoms with Crippen molar-refractivity contribution in [2.24, 2.45) is 4.99 Å². The SMILES string of the molecule is CCNC(=NCc1ccc(C)cc1OCC)NCCOCC1CCCO1. The molecule has 0 aliphatic carbocycles. The first-order valence-corrected chi connectivity index (χ1v) is 9.66.